The topological polar surface area (TPSA) is 84.0 Å². The highest BCUT2D eigenvalue weighted by Crippen LogP contribution is 2.66. The third kappa shape index (κ3) is 4.89. The van der Waals surface area contributed by atoms with Crippen LogP contribution in [0.25, 0.3) is 5.57 Å². The van der Waals surface area contributed by atoms with Crippen molar-refractivity contribution >= 4 is 17.9 Å². The van der Waals surface area contributed by atoms with E-state index in [2.05, 4.69) is 41.8 Å². The van der Waals surface area contributed by atoms with Crippen LogP contribution in [0.5, 0.6) is 0 Å². The van der Waals surface area contributed by atoms with Crippen LogP contribution in [0.1, 0.15) is 71.3 Å². The molecule has 37 heavy (non-hydrogen) atoms. The molecule has 2 saturated carbocycles. The summed E-state index contributed by atoms with van der Waals surface area (Å²) in [6, 6.07) is 4.25. The van der Waals surface area contributed by atoms with Gasteiger partial charge < -0.3 is 18.9 Å². The van der Waals surface area contributed by atoms with Crippen LogP contribution >= 0.6 is 0 Å². The Morgan fingerprint density at radius 1 is 0.973 bits per heavy atom. The first kappa shape index (κ1) is 25.8. The molecule has 1 aromatic heterocycles. The first-order chi connectivity index (χ1) is 17.8. The molecule has 0 saturated heterocycles. The molecule has 1 aromatic rings. The molecule has 4 aliphatic carbocycles. The van der Waals surface area contributed by atoms with E-state index in [0.29, 0.717) is 17.8 Å². The van der Waals surface area contributed by atoms with Crippen molar-refractivity contribution < 1.29 is 28.5 Å². The second-order valence-corrected chi connectivity index (χ2v) is 11.4. The number of hydrogen-bond donors (Lipinski definition) is 0. The Morgan fingerprint density at radius 3 is 2.51 bits per heavy atom. The first-order valence-electron chi connectivity index (χ1n) is 13.8. The zero-order valence-electron chi connectivity index (χ0n) is 22.2. The van der Waals surface area contributed by atoms with Crippen LogP contribution in [0, 0.1) is 28.6 Å². The van der Waals surface area contributed by atoms with Gasteiger partial charge in [0.2, 0.25) is 0 Å². The predicted molar refractivity (Wildman–Crippen MR) is 138 cm³/mol. The van der Waals surface area contributed by atoms with Gasteiger partial charge in [-0.3, -0.25) is 4.98 Å². The summed E-state index contributed by atoms with van der Waals surface area (Å²) >= 11 is 0. The summed E-state index contributed by atoms with van der Waals surface area (Å²) in [5.74, 6) is 2.01. The molecule has 0 aliphatic heterocycles. The SMILES string of the molecule is CCOC(=O)OCCOC(=O)O[C@H]1CC[C@@]2(C)C(=CC[C@@H]3[C@@H]2CC[C@]2(C)C(c4cccnc4)=CC[C@@H]32)C1. The summed E-state index contributed by atoms with van der Waals surface area (Å²) in [4.78, 5) is 27.8. The molecule has 0 spiro atoms. The molecule has 7 nitrogen and oxygen atoms in total. The molecule has 0 aromatic carbocycles. The third-order valence-electron chi connectivity index (χ3n) is 9.66. The minimum absolute atomic E-state index is 0.0518. The number of rotatable bonds is 6. The molecule has 0 radical (unpaired) electrons. The van der Waals surface area contributed by atoms with E-state index in [0.717, 1.165) is 32.1 Å². The lowest BCUT2D eigenvalue weighted by molar-refractivity contribution is -0.0384. The lowest BCUT2D eigenvalue weighted by atomic mass is 9.47. The fraction of sp³-hybridized carbons (Fsp3) is 0.633. The monoisotopic (exact) mass is 509 g/mol. The van der Waals surface area contributed by atoms with Crippen molar-refractivity contribution in [3.63, 3.8) is 0 Å². The average Bonchev–Trinajstić information content (AvgIpc) is 3.25. The fourth-order valence-corrected chi connectivity index (χ4v) is 7.84. The van der Waals surface area contributed by atoms with Gasteiger partial charge >= 0.3 is 12.3 Å². The van der Waals surface area contributed by atoms with Gasteiger partial charge in [0.15, 0.2) is 0 Å². The van der Waals surface area contributed by atoms with Gasteiger partial charge in [-0.1, -0.05) is 37.6 Å². The molecule has 4 aliphatic rings. The highest BCUT2D eigenvalue weighted by atomic mass is 16.7. The van der Waals surface area contributed by atoms with Gasteiger partial charge in [0, 0.05) is 18.8 Å². The molecule has 5 rings (SSSR count). The van der Waals surface area contributed by atoms with E-state index in [1.807, 2.05) is 18.5 Å². The molecule has 0 N–H and O–H groups in total. The van der Waals surface area contributed by atoms with Gasteiger partial charge in [-0.05, 0) is 91.2 Å². The summed E-state index contributed by atoms with van der Waals surface area (Å²) in [6.45, 7) is 6.76. The van der Waals surface area contributed by atoms with E-state index in [1.165, 1.54) is 29.6 Å². The minimum Gasteiger partial charge on any atom is -0.435 e. The van der Waals surface area contributed by atoms with Crippen LogP contribution in [0.15, 0.2) is 42.3 Å². The van der Waals surface area contributed by atoms with Crippen molar-refractivity contribution in [2.75, 3.05) is 19.8 Å². The van der Waals surface area contributed by atoms with E-state index >= 15 is 0 Å². The van der Waals surface area contributed by atoms with E-state index in [1.54, 1.807) is 6.92 Å². The lowest BCUT2D eigenvalue weighted by Gasteiger charge is -2.57. The largest absolute Gasteiger partial charge is 0.508 e. The summed E-state index contributed by atoms with van der Waals surface area (Å²) in [7, 11) is 0. The Bertz CT molecular complexity index is 1070. The number of nitrogens with zero attached hydrogens (tertiary/aromatic N) is 1. The smallest absolute Gasteiger partial charge is 0.435 e. The predicted octanol–water partition coefficient (Wildman–Crippen LogP) is 6.73. The quantitative estimate of drug-likeness (QED) is 0.239. The fourth-order valence-electron chi connectivity index (χ4n) is 7.84. The van der Waals surface area contributed by atoms with Crippen molar-refractivity contribution in [1.29, 1.82) is 0 Å². The van der Waals surface area contributed by atoms with E-state index < -0.39 is 12.3 Å². The molecule has 1 heterocycles. The summed E-state index contributed by atoms with van der Waals surface area (Å²) in [5.41, 5.74) is 4.60. The van der Waals surface area contributed by atoms with Crippen LogP contribution in [-0.2, 0) is 18.9 Å². The van der Waals surface area contributed by atoms with Gasteiger partial charge in [-0.25, -0.2) is 9.59 Å². The van der Waals surface area contributed by atoms with Crippen LogP contribution in [0.4, 0.5) is 9.59 Å². The number of allylic oxidation sites excluding steroid dienone is 3. The Morgan fingerprint density at radius 2 is 1.76 bits per heavy atom. The van der Waals surface area contributed by atoms with E-state index in [4.69, 9.17) is 14.2 Å². The Labute approximate surface area is 219 Å². The maximum absolute atomic E-state index is 12.2. The number of hydrogen-bond acceptors (Lipinski definition) is 7. The minimum atomic E-state index is -0.765. The van der Waals surface area contributed by atoms with E-state index in [9.17, 15) is 9.59 Å². The summed E-state index contributed by atoms with van der Waals surface area (Å²) in [6.07, 6.45) is 14.5. The molecule has 0 bridgehead atoms. The normalized spacial score (nSPS) is 34.1. The molecular weight excluding hydrogens is 470 g/mol. The number of fused-ring (bicyclic) bond motifs is 5. The van der Waals surface area contributed by atoms with Crippen molar-refractivity contribution in [3.8, 4) is 0 Å². The number of pyridine rings is 1. The van der Waals surface area contributed by atoms with E-state index in [-0.39, 0.29) is 36.8 Å². The second-order valence-electron chi connectivity index (χ2n) is 11.4. The number of carbonyl (C=O) groups excluding carboxylic acids is 2. The summed E-state index contributed by atoms with van der Waals surface area (Å²) in [5, 5.41) is 0. The van der Waals surface area contributed by atoms with Crippen LogP contribution in [0.3, 0.4) is 0 Å². The zero-order valence-corrected chi connectivity index (χ0v) is 22.2. The van der Waals surface area contributed by atoms with Gasteiger partial charge in [0.25, 0.3) is 0 Å². The molecular formula is C30H39NO6. The Hall–Kier alpha value is -2.83. The van der Waals surface area contributed by atoms with Gasteiger partial charge in [-0.15, -0.1) is 0 Å². The van der Waals surface area contributed by atoms with Crippen molar-refractivity contribution in [2.45, 2.75) is 71.8 Å². The third-order valence-corrected chi connectivity index (χ3v) is 9.66. The molecule has 0 amide bonds. The second kappa shape index (κ2) is 10.5. The van der Waals surface area contributed by atoms with Gasteiger partial charge in [0.05, 0.1) is 6.61 Å². The lowest BCUT2D eigenvalue weighted by Crippen LogP contribution is -2.50. The van der Waals surface area contributed by atoms with Gasteiger partial charge in [0.1, 0.15) is 19.3 Å². The van der Waals surface area contributed by atoms with Crippen LogP contribution in [-0.4, -0.2) is 43.2 Å². The number of aromatic nitrogens is 1. The van der Waals surface area contributed by atoms with Crippen molar-refractivity contribution in [1.82, 2.24) is 4.98 Å². The first-order valence-corrected chi connectivity index (χ1v) is 13.8. The molecule has 7 heteroatoms. The molecule has 200 valence electrons. The average molecular weight is 510 g/mol. The molecule has 0 unspecified atom stereocenters. The molecule has 6 atom stereocenters. The standard InChI is InChI=1S/C30H39NO6/c1-4-34-27(32)35-16-17-36-28(33)37-22-11-13-29(2)21(18-22)7-8-23-25-10-9-24(20-6-5-15-31-19-20)30(25,3)14-12-26(23)29/h5-7,9,15,19,22-23,25-26H,4,8,10-14,16-18H2,1-3H3/t22-,23-,25-,26-,29-,30+/m0/s1. The zero-order chi connectivity index (χ0) is 26.0. The number of ether oxygens (including phenoxy) is 4. The van der Waals surface area contributed by atoms with Crippen LogP contribution in [0.2, 0.25) is 0 Å². The van der Waals surface area contributed by atoms with Crippen LogP contribution < -0.4 is 0 Å². The summed E-state index contributed by atoms with van der Waals surface area (Å²) < 4.78 is 20.2. The number of carbonyl (C=O) groups is 2. The van der Waals surface area contributed by atoms with Crippen molar-refractivity contribution in [2.24, 2.45) is 28.6 Å². The highest BCUT2D eigenvalue weighted by Gasteiger charge is 2.57. The highest BCUT2D eigenvalue weighted by molar-refractivity contribution is 5.72. The molecule has 2 fully saturated rings. The van der Waals surface area contributed by atoms with Gasteiger partial charge in [-0.2, -0.15) is 0 Å². The van der Waals surface area contributed by atoms with Crippen molar-refractivity contribution in [3.05, 3.63) is 47.8 Å². The Balaban J connectivity index is 1.18. The maximum Gasteiger partial charge on any atom is 0.508 e. The Kier molecular flexibility index (Phi) is 7.32. The maximum atomic E-state index is 12.2.